The van der Waals surface area contributed by atoms with Crippen LogP contribution in [-0.2, 0) is 0 Å². The zero-order valence-corrected chi connectivity index (χ0v) is 12.4. The summed E-state index contributed by atoms with van der Waals surface area (Å²) in [5.74, 6) is 0. The Morgan fingerprint density at radius 3 is 2.12 bits per heavy atom. The molecule has 0 fully saturated rings. The van der Waals surface area contributed by atoms with Crippen molar-refractivity contribution in [3.05, 3.63) is 0 Å². The van der Waals surface area contributed by atoms with E-state index in [1.165, 1.54) is 12.8 Å². The average molecular weight is 228 g/mol. The molecule has 0 aliphatic heterocycles. The van der Waals surface area contributed by atoms with Crippen LogP contribution >= 0.6 is 0 Å². The lowest BCUT2D eigenvalue weighted by molar-refractivity contribution is 0.100. The smallest absolute Gasteiger partial charge is 0.0115 e. The molecular weight excluding hydrogens is 196 g/mol. The molecule has 0 heterocycles. The van der Waals surface area contributed by atoms with Crippen LogP contribution in [0.2, 0.25) is 0 Å². The molecule has 0 rings (SSSR count). The highest BCUT2D eigenvalue weighted by Crippen LogP contribution is 2.24. The normalized spacial score (nSPS) is 16.5. The fraction of sp³-hybridized carbons (Fsp3) is 1.00. The van der Waals surface area contributed by atoms with Gasteiger partial charge in [0.2, 0.25) is 0 Å². The largest absolute Gasteiger partial charge is 0.317 e. The Morgan fingerprint density at radius 1 is 1.12 bits per heavy atom. The van der Waals surface area contributed by atoms with Crippen molar-refractivity contribution in [1.29, 1.82) is 0 Å². The van der Waals surface area contributed by atoms with E-state index >= 15 is 0 Å². The Balaban J connectivity index is 3.93. The van der Waals surface area contributed by atoms with Crippen LogP contribution in [0, 0.1) is 5.41 Å². The van der Waals surface area contributed by atoms with Gasteiger partial charge in [-0.15, -0.1) is 0 Å². The molecule has 0 bridgehead atoms. The zero-order chi connectivity index (χ0) is 12.8. The van der Waals surface area contributed by atoms with Gasteiger partial charge >= 0.3 is 0 Å². The van der Waals surface area contributed by atoms with Gasteiger partial charge in [-0.2, -0.15) is 0 Å². The van der Waals surface area contributed by atoms with E-state index in [1.54, 1.807) is 0 Å². The second kappa shape index (κ2) is 7.29. The van der Waals surface area contributed by atoms with E-state index in [0.717, 1.165) is 13.1 Å². The van der Waals surface area contributed by atoms with Gasteiger partial charge in [-0.3, -0.25) is 0 Å². The summed E-state index contributed by atoms with van der Waals surface area (Å²) in [5.41, 5.74) is 0.361. The number of nitrogens with one attached hydrogen (secondary N) is 1. The molecular formula is C14H32N2. The zero-order valence-electron chi connectivity index (χ0n) is 12.4. The fourth-order valence-corrected chi connectivity index (χ4v) is 1.81. The topological polar surface area (TPSA) is 15.3 Å². The van der Waals surface area contributed by atoms with Crippen molar-refractivity contribution >= 4 is 0 Å². The van der Waals surface area contributed by atoms with E-state index in [1.807, 2.05) is 0 Å². The maximum absolute atomic E-state index is 3.47. The molecule has 2 nitrogen and oxygen atoms in total. The van der Waals surface area contributed by atoms with E-state index in [-0.39, 0.29) is 0 Å². The molecule has 0 aromatic rings. The highest BCUT2D eigenvalue weighted by atomic mass is 15.2. The van der Waals surface area contributed by atoms with Crippen molar-refractivity contribution in [1.82, 2.24) is 10.2 Å². The Labute approximate surface area is 103 Å². The van der Waals surface area contributed by atoms with Crippen LogP contribution in [0.3, 0.4) is 0 Å². The van der Waals surface area contributed by atoms with Crippen LogP contribution in [0.4, 0.5) is 0 Å². The van der Waals surface area contributed by atoms with Gasteiger partial charge in [0, 0.05) is 12.1 Å². The average Bonchev–Trinajstić information content (AvgIpc) is 2.20. The number of nitrogens with zero attached hydrogens (tertiary/aromatic N) is 1. The van der Waals surface area contributed by atoms with Gasteiger partial charge in [0.1, 0.15) is 0 Å². The maximum atomic E-state index is 3.47. The molecule has 0 aromatic heterocycles. The third-order valence-corrected chi connectivity index (χ3v) is 3.73. The number of hydrogen-bond acceptors (Lipinski definition) is 2. The predicted octanol–water partition coefficient (Wildman–Crippen LogP) is 3.13. The van der Waals surface area contributed by atoms with Gasteiger partial charge in [0.15, 0.2) is 0 Å². The highest BCUT2D eigenvalue weighted by molar-refractivity contribution is 4.80. The third kappa shape index (κ3) is 5.86. The molecule has 1 N–H and O–H groups in total. The van der Waals surface area contributed by atoms with Crippen LogP contribution in [0.15, 0.2) is 0 Å². The van der Waals surface area contributed by atoms with Crippen molar-refractivity contribution in [3.63, 3.8) is 0 Å². The van der Waals surface area contributed by atoms with E-state index in [0.29, 0.717) is 17.5 Å². The lowest BCUT2D eigenvalue weighted by Crippen LogP contribution is -2.45. The quantitative estimate of drug-likeness (QED) is 0.674. The molecule has 0 saturated heterocycles. The predicted molar refractivity (Wildman–Crippen MR) is 73.9 cm³/mol. The summed E-state index contributed by atoms with van der Waals surface area (Å²) < 4.78 is 0. The van der Waals surface area contributed by atoms with Crippen LogP contribution < -0.4 is 5.32 Å². The summed E-state index contributed by atoms with van der Waals surface area (Å²) in [6.45, 7) is 16.1. The molecule has 0 aliphatic rings. The monoisotopic (exact) mass is 228 g/mol. The van der Waals surface area contributed by atoms with Crippen LogP contribution in [0.1, 0.15) is 54.4 Å². The van der Waals surface area contributed by atoms with Crippen LogP contribution in [0.5, 0.6) is 0 Å². The minimum absolute atomic E-state index is 0.361. The van der Waals surface area contributed by atoms with E-state index in [2.05, 4.69) is 58.8 Å². The molecule has 16 heavy (non-hydrogen) atoms. The molecule has 0 amide bonds. The lowest BCUT2D eigenvalue weighted by Gasteiger charge is -2.39. The second-order valence-corrected chi connectivity index (χ2v) is 6.10. The first kappa shape index (κ1) is 15.9. The summed E-state index contributed by atoms with van der Waals surface area (Å²) in [6, 6.07) is 1.27. The molecule has 2 heteroatoms. The Morgan fingerprint density at radius 2 is 1.69 bits per heavy atom. The fourth-order valence-electron chi connectivity index (χ4n) is 1.81. The van der Waals surface area contributed by atoms with Gasteiger partial charge in [0.25, 0.3) is 0 Å². The van der Waals surface area contributed by atoms with Crippen molar-refractivity contribution in [3.8, 4) is 0 Å². The Kier molecular flexibility index (Phi) is 7.25. The van der Waals surface area contributed by atoms with Crippen molar-refractivity contribution in [2.75, 3.05) is 20.1 Å². The number of hydrogen-bond donors (Lipinski definition) is 1. The standard InChI is InChI=1S/C14H32N2/c1-8-10-15-11-9-12(2)16(7)13(3)14(4,5)6/h12-13,15H,8-11H2,1-7H3. The van der Waals surface area contributed by atoms with Crippen molar-refractivity contribution in [2.24, 2.45) is 5.41 Å². The maximum Gasteiger partial charge on any atom is 0.0115 e. The second-order valence-electron chi connectivity index (χ2n) is 6.10. The summed E-state index contributed by atoms with van der Waals surface area (Å²) in [7, 11) is 2.25. The minimum atomic E-state index is 0.361. The first-order valence-electron chi connectivity index (χ1n) is 6.73. The van der Waals surface area contributed by atoms with E-state index < -0.39 is 0 Å². The molecule has 98 valence electrons. The molecule has 2 unspecified atom stereocenters. The molecule has 2 atom stereocenters. The lowest BCUT2D eigenvalue weighted by atomic mass is 9.86. The Hall–Kier alpha value is -0.0800. The summed E-state index contributed by atoms with van der Waals surface area (Å²) >= 11 is 0. The van der Waals surface area contributed by atoms with Gasteiger partial charge in [-0.1, -0.05) is 27.7 Å². The number of rotatable bonds is 7. The molecule has 0 aliphatic carbocycles. The third-order valence-electron chi connectivity index (χ3n) is 3.73. The van der Waals surface area contributed by atoms with Gasteiger partial charge in [-0.05, 0) is 52.2 Å². The van der Waals surface area contributed by atoms with Gasteiger partial charge in [0.05, 0.1) is 0 Å². The van der Waals surface area contributed by atoms with Crippen LogP contribution in [-0.4, -0.2) is 37.1 Å². The minimum Gasteiger partial charge on any atom is -0.317 e. The Bertz CT molecular complexity index is 172. The summed E-state index contributed by atoms with van der Waals surface area (Å²) in [6.07, 6.45) is 2.46. The molecule has 0 spiro atoms. The van der Waals surface area contributed by atoms with Crippen LogP contribution in [0.25, 0.3) is 0 Å². The molecule has 0 saturated carbocycles. The summed E-state index contributed by atoms with van der Waals surface area (Å²) in [5, 5.41) is 3.47. The van der Waals surface area contributed by atoms with E-state index in [9.17, 15) is 0 Å². The first-order chi connectivity index (χ1) is 7.30. The first-order valence-corrected chi connectivity index (χ1v) is 6.73. The van der Waals surface area contributed by atoms with Crippen molar-refractivity contribution in [2.45, 2.75) is 66.5 Å². The molecule has 0 radical (unpaired) electrons. The van der Waals surface area contributed by atoms with E-state index in [4.69, 9.17) is 0 Å². The van der Waals surface area contributed by atoms with Gasteiger partial charge < -0.3 is 10.2 Å². The van der Waals surface area contributed by atoms with Gasteiger partial charge in [-0.25, -0.2) is 0 Å². The summed E-state index contributed by atoms with van der Waals surface area (Å²) in [4.78, 5) is 2.51. The highest BCUT2D eigenvalue weighted by Gasteiger charge is 2.26. The van der Waals surface area contributed by atoms with Crippen molar-refractivity contribution < 1.29 is 0 Å². The SMILES string of the molecule is CCCNCCC(C)N(C)C(C)C(C)(C)C. The molecule has 0 aromatic carbocycles.